The number of phenolic OH excluding ortho intramolecular Hbond substituents is 1. The summed E-state index contributed by atoms with van der Waals surface area (Å²) >= 11 is 0. The lowest BCUT2D eigenvalue weighted by Crippen LogP contribution is -2.16. The Kier molecular flexibility index (Phi) is 2.35. The minimum atomic E-state index is -4.71. The second-order valence-electron chi connectivity index (χ2n) is 4.11. The zero-order chi connectivity index (χ0) is 13.6. The van der Waals surface area contributed by atoms with E-state index in [-0.39, 0.29) is 11.5 Å². The first-order chi connectivity index (χ1) is 8.92. The van der Waals surface area contributed by atoms with Crippen LogP contribution in [-0.2, 0) is 0 Å². The van der Waals surface area contributed by atoms with Gasteiger partial charge in [0.25, 0.3) is 0 Å². The van der Waals surface area contributed by atoms with Crippen LogP contribution in [0.2, 0.25) is 0 Å². The highest BCUT2D eigenvalue weighted by Crippen LogP contribution is 2.31. The van der Waals surface area contributed by atoms with Crippen LogP contribution >= 0.6 is 0 Å². The normalized spacial score (nSPS) is 12.2. The first-order valence-electron chi connectivity index (χ1n) is 5.42. The summed E-state index contributed by atoms with van der Waals surface area (Å²) in [4.78, 5) is 2.94. The van der Waals surface area contributed by atoms with E-state index >= 15 is 0 Å². The molecule has 3 aromatic rings. The fourth-order valence-corrected chi connectivity index (χ4v) is 2.07. The predicted molar refractivity (Wildman–Crippen MR) is 64.2 cm³/mol. The molecule has 0 radical (unpaired) electrons. The summed E-state index contributed by atoms with van der Waals surface area (Å²) in [6.07, 6.45) is -4.71. The molecule has 2 aromatic carbocycles. The van der Waals surface area contributed by atoms with Gasteiger partial charge in [-0.2, -0.15) is 0 Å². The molecule has 6 heteroatoms. The van der Waals surface area contributed by atoms with E-state index in [1.54, 1.807) is 12.1 Å². The van der Waals surface area contributed by atoms with Gasteiger partial charge in [0.05, 0.1) is 11.0 Å². The molecule has 0 fully saturated rings. The summed E-state index contributed by atoms with van der Waals surface area (Å²) < 4.78 is 40.3. The van der Waals surface area contributed by atoms with Crippen molar-refractivity contribution in [3.8, 4) is 11.5 Å². The molecule has 0 aliphatic rings. The number of hydrogen-bond acceptors (Lipinski definition) is 2. The predicted octanol–water partition coefficient (Wildman–Crippen LogP) is 3.93. The number of rotatable bonds is 1. The fourth-order valence-electron chi connectivity index (χ4n) is 2.07. The van der Waals surface area contributed by atoms with Gasteiger partial charge in [-0.1, -0.05) is 0 Å². The monoisotopic (exact) mass is 267 g/mol. The highest BCUT2D eigenvalue weighted by atomic mass is 19.4. The Balaban J connectivity index is 2.16. The number of aromatic nitrogens is 1. The standard InChI is InChI=1S/C13H8F3NO2/c14-13(15,16)19-8-2-4-10-9-3-1-7(18)5-11(9)17-12(10)6-8/h1-6,17-18H. The van der Waals surface area contributed by atoms with Crippen molar-refractivity contribution >= 4 is 21.8 Å². The molecule has 0 saturated carbocycles. The summed E-state index contributed by atoms with van der Waals surface area (Å²) in [6, 6.07) is 8.82. The summed E-state index contributed by atoms with van der Waals surface area (Å²) in [5.74, 6) is -0.193. The van der Waals surface area contributed by atoms with Crippen LogP contribution in [0.15, 0.2) is 36.4 Å². The van der Waals surface area contributed by atoms with Crippen LogP contribution in [0.5, 0.6) is 11.5 Å². The van der Waals surface area contributed by atoms with E-state index in [4.69, 9.17) is 0 Å². The molecule has 0 spiro atoms. The molecule has 1 aromatic heterocycles. The molecule has 0 amide bonds. The molecule has 0 unspecified atom stereocenters. The van der Waals surface area contributed by atoms with E-state index in [1.165, 1.54) is 24.3 Å². The van der Waals surface area contributed by atoms with Crippen molar-refractivity contribution in [1.29, 1.82) is 0 Å². The molecule has 98 valence electrons. The van der Waals surface area contributed by atoms with E-state index in [9.17, 15) is 18.3 Å². The van der Waals surface area contributed by atoms with Gasteiger partial charge in [0.2, 0.25) is 0 Å². The van der Waals surface area contributed by atoms with Gasteiger partial charge in [-0.05, 0) is 24.3 Å². The number of aromatic amines is 1. The second kappa shape index (κ2) is 3.81. The average molecular weight is 267 g/mol. The summed E-state index contributed by atoms with van der Waals surface area (Å²) in [5, 5.41) is 11.0. The fraction of sp³-hybridized carbons (Fsp3) is 0.0769. The summed E-state index contributed by atoms with van der Waals surface area (Å²) in [7, 11) is 0. The Morgan fingerprint density at radius 3 is 2.26 bits per heavy atom. The molecule has 0 atom stereocenters. The van der Waals surface area contributed by atoms with Gasteiger partial charge < -0.3 is 14.8 Å². The summed E-state index contributed by atoms with van der Waals surface area (Å²) in [5.41, 5.74) is 1.17. The number of benzene rings is 2. The molecular weight excluding hydrogens is 259 g/mol. The van der Waals surface area contributed by atoms with E-state index < -0.39 is 6.36 Å². The Bertz CT molecular complexity index is 761. The molecule has 3 nitrogen and oxygen atoms in total. The highest BCUT2D eigenvalue weighted by molar-refractivity contribution is 6.07. The lowest BCUT2D eigenvalue weighted by molar-refractivity contribution is -0.274. The minimum absolute atomic E-state index is 0.0887. The van der Waals surface area contributed by atoms with Gasteiger partial charge in [-0.15, -0.1) is 13.2 Å². The molecule has 1 heterocycles. The third-order valence-electron chi connectivity index (χ3n) is 2.79. The number of phenols is 1. The largest absolute Gasteiger partial charge is 0.573 e. The third-order valence-corrected chi connectivity index (χ3v) is 2.79. The number of hydrogen-bond donors (Lipinski definition) is 2. The van der Waals surface area contributed by atoms with E-state index in [0.29, 0.717) is 11.0 Å². The maximum atomic E-state index is 12.1. The van der Waals surface area contributed by atoms with E-state index in [1.807, 2.05) is 0 Å². The highest BCUT2D eigenvalue weighted by Gasteiger charge is 2.31. The minimum Gasteiger partial charge on any atom is -0.508 e. The lowest BCUT2D eigenvalue weighted by atomic mass is 10.1. The lowest BCUT2D eigenvalue weighted by Gasteiger charge is -2.08. The first-order valence-corrected chi connectivity index (χ1v) is 5.42. The second-order valence-corrected chi connectivity index (χ2v) is 4.11. The van der Waals surface area contributed by atoms with Crippen LogP contribution < -0.4 is 4.74 Å². The smallest absolute Gasteiger partial charge is 0.508 e. The molecule has 19 heavy (non-hydrogen) atoms. The first kappa shape index (κ1) is 11.7. The van der Waals surface area contributed by atoms with E-state index in [2.05, 4.69) is 9.72 Å². The van der Waals surface area contributed by atoms with Gasteiger partial charge >= 0.3 is 6.36 Å². The quantitative estimate of drug-likeness (QED) is 0.701. The van der Waals surface area contributed by atoms with Gasteiger partial charge in [-0.25, -0.2) is 0 Å². The Morgan fingerprint density at radius 1 is 0.947 bits per heavy atom. The number of ether oxygens (including phenoxy) is 1. The van der Waals surface area contributed by atoms with E-state index in [0.717, 1.165) is 10.8 Å². The van der Waals surface area contributed by atoms with Gasteiger partial charge in [0, 0.05) is 22.9 Å². The zero-order valence-corrected chi connectivity index (χ0v) is 9.45. The number of nitrogens with one attached hydrogen (secondary N) is 1. The van der Waals surface area contributed by atoms with Crippen LogP contribution in [0, 0.1) is 0 Å². The number of H-pyrrole nitrogens is 1. The molecule has 0 saturated heterocycles. The van der Waals surface area contributed by atoms with Crippen LogP contribution in [0.4, 0.5) is 13.2 Å². The van der Waals surface area contributed by atoms with Crippen LogP contribution in [-0.4, -0.2) is 16.5 Å². The Labute approximate surface area is 105 Å². The van der Waals surface area contributed by atoms with Crippen molar-refractivity contribution in [2.45, 2.75) is 6.36 Å². The number of halogens is 3. The molecule has 3 rings (SSSR count). The number of aromatic hydroxyl groups is 1. The van der Waals surface area contributed by atoms with Crippen LogP contribution in [0.25, 0.3) is 21.8 Å². The number of alkyl halides is 3. The van der Waals surface area contributed by atoms with Crippen molar-refractivity contribution in [1.82, 2.24) is 4.98 Å². The molecule has 0 aliphatic heterocycles. The Morgan fingerprint density at radius 2 is 1.58 bits per heavy atom. The third kappa shape index (κ3) is 2.16. The molecule has 0 bridgehead atoms. The maximum Gasteiger partial charge on any atom is 0.573 e. The maximum absolute atomic E-state index is 12.1. The van der Waals surface area contributed by atoms with Gasteiger partial charge in [0.15, 0.2) is 0 Å². The summed E-state index contributed by atoms with van der Waals surface area (Å²) in [6.45, 7) is 0. The van der Waals surface area contributed by atoms with Crippen LogP contribution in [0.3, 0.4) is 0 Å². The van der Waals surface area contributed by atoms with Crippen molar-refractivity contribution < 1.29 is 23.0 Å². The molecule has 2 N–H and O–H groups in total. The van der Waals surface area contributed by atoms with Crippen LogP contribution in [0.1, 0.15) is 0 Å². The van der Waals surface area contributed by atoms with Gasteiger partial charge in [0.1, 0.15) is 11.5 Å². The topological polar surface area (TPSA) is 45.2 Å². The average Bonchev–Trinajstić information content (AvgIpc) is 2.62. The molecule has 0 aliphatic carbocycles. The molecular formula is C13H8F3NO2. The SMILES string of the molecule is Oc1ccc2c(c1)[nH]c1cc(OC(F)(F)F)ccc12. The van der Waals surface area contributed by atoms with Crippen molar-refractivity contribution in [3.63, 3.8) is 0 Å². The zero-order valence-electron chi connectivity index (χ0n) is 9.45. The van der Waals surface area contributed by atoms with Crippen molar-refractivity contribution in [2.24, 2.45) is 0 Å². The number of fused-ring (bicyclic) bond motifs is 3. The van der Waals surface area contributed by atoms with Crippen molar-refractivity contribution in [2.75, 3.05) is 0 Å². The Hall–Kier alpha value is -2.37. The van der Waals surface area contributed by atoms with Gasteiger partial charge in [-0.3, -0.25) is 0 Å². The van der Waals surface area contributed by atoms with Crippen molar-refractivity contribution in [3.05, 3.63) is 36.4 Å².